The van der Waals surface area contributed by atoms with Gasteiger partial charge in [-0.25, -0.2) is 4.39 Å². The van der Waals surface area contributed by atoms with Crippen molar-refractivity contribution in [3.8, 4) is 0 Å². The summed E-state index contributed by atoms with van der Waals surface area (Å²) < 4.78 is 13.7. The van der Waals surface area contributed by atoms with E-state index in [1.807, 2.05) is 0 Å². The van der Waals surface area contributed by atoms with Crippen LogP contribution in [0.15, 0.2) is 12.1 Å². The molecule has 0 spiro atoms. The highest BCUT2D eigenvalue weighted by Gasteiger charge is 2.29. The third-order valence-electron chi connectivity index (χ3n) is 3.04. The van der Waals surface area contributed by atoms with E-state index >= 15 is 0 Å². The lowest BCUT2D eigenvalue weighted by Gasteiger charge is -1.95. The fourth-order valence-corrected chi connectivity index (χ4v) is 2.22. The molecule has 1 saturated carbocycles. The van der Waals surface area contributed by atoms with Crippen LogP contribution in [0.2, 0.25) is 5.02 Å². The molecule has 2 aromatic rings. The van der Waals surface area contributed by atoms with Gasteiger partial charge in [-0.3, -0.25) is 4.79 Å². The van der Waals surface area contributed by atoms with Gasteiger partial charge in [0, 0.05) is 16.6 Å². The van der Waals surface area contributed by atoms with Crippen molar-refractivity contribution in [3.63, 3.8) is 0 Å². The van der Waals surface area contributed by atoms with Gasteiger partial charge in [-0.15, -0.1) is 0 Å². The Morgan fingerprint density at radius 3 is 2.81 bits per heavy atom. The number of hydrogen-bond acceptors (Lipinski definition) is 1. The molecular weight excluding hydrogens is 229 g/mol. The van der Waals surface area contributed by atoms with Crippen LogP contribution in [0.3, 0.4) is 0 Å². The van der Waals surface area contributed by atoms with E-state index in [0.717, 1.165) is 24.8 Å². The molecule has 0 aliphatic heterocycles. The van der Waals surface area contributed by atoms with Gasteiger partial charge in [-0.1, -0.05) is 17.7 Å². The van der Waals surface area contributed by atoms with Crippen LogP contribution < -0.4 is 0 Å². The van der Waals surface area contributed by atoms with Gasteiger partial charge in [-0.2, -0.15) is 0 Å². The molecule has 0 unspecified atom stereocenters. The quantitative estimate of drug-likeness (QED) is 0.795. The monoisotopic (exact) mass is 237 g/mol. The summed E-state index contributed by atoms with van der Waals surface area (Å²) in [6.45, 7) is 0. The van der Waals surface area contributed by atoms with E-state index in [2.05, 4.69) is 4.98 Å². The molecule has 0 saturated heterocycles. The Morgan fingerprint density at radius 1 is 1.44 bits per heavy atom. The predicted molar refractivity (Wildman–Crippen MR) is 60.6 cm³/mol. The van der Waals surface area contributed by atoms with Crippen LogP contribution in [0, 0.1) is 5.82 Å². The Bertz CT molecular complexity index is 586. The lowest BCUT2D eigenvalue weighted by molar-refractivity contribution is 0.112. The van der Waals surface area contributed by atoms with Gasteiger partial charge in [0.15, 0.2) is 12.1 Å². The maximum absolute atomic E-state index is 13.7. The molecule has 2 nitrogen and oxygen atoms in total. The molecule has 1 aromatic carbocycles. The average Bonchev–Trinajstić information content (AvgIpc) is 3.05. The van der Waals surface area contributed by atoms with Crippen molar-refractivity contribution in [3.05, 3.63) is 34.2 Å². The molecule has 1 heterocycles. The second kappa shape index (κ2) is 3.32. The van der Waals surface area contributed by atoms with Crippen LogP contribution in [-0.2, 0) is 0 Å². The fraction of sp³-hybridized carbons (Fsp3) is 0.250. The van der Waals surface area contributed by atoms with Crippen LogP contribution in [-0.4, -0.2) is 11.3 Å². The van der Waals surface area contributed by atoms with Crippen molar-refractivity contribution in [2.75, 3.05) is 0 Å². The number of aromatic amines is 1. The fourth-order valence-electron chi connectivity index (χ4n) is 2.07. The minimum atomic E-state index is -0.478. The van der Waals surface area contributed by atoms with E-state index in [0.29, 0.717) is 22.4 Å². The molecule has 1 aliphatic carbocycles. The van der Waals surface area contributed by atoms with E-state index < -0.39 is 5.82 Å². The first-order chi connectivity index (χ1) is 7.72. The summed E-state index contributed by atoms with van der Waals surface area (Å²) in [5.41, 5.74) is 1.77. The van der Waals surface area contributed by atoms with Crippen molar-refractivity contribution < 1.29 is 9.18 Å². The highest BCUT2D eigenvalue weighted by atomic mass is 35.5. The normalized spacial score (nSPS) is 15.6. The highest BCUT2D eigenvalue weighted by molar-refractivity contribution is 6.31. The number of H-pyrrole nitrogens is 1. The standard InChI is InChI=1S/C12H9ClFNO/c13-9-4-3-7-8(5-16)11(6-1-2-6)15-12(7)10(9)14/h3-6,15H,1-2H2. The Balaban J connectivity index is 2.36. The van der Waals surface area contributed by atoms with Crippen molar-refractivity contribution in [2.45, 2.75) is 18.8 Å². The maximum atomic E-state index is 13.7. The van der Waals surface area contributed by atoms with Gasteiger partial charge in [0.05, 0.1) is 10.5 Å². The number of aldehydes is 1. The maximum Gasteiger partial charge on any atom is 0.165 e. The number of carbonyl (C=O) groups is 1. The van der Waals surface area contributed by atoms with Crippen LogP contribution in [0.25, 0.3) is 10.9 Å². The van der Waals surface area contributed by atoms with Gasteiger partial charge >= 0.3 is 0 Å². The smallest absolute Gasteiger partial charge is 0.165 e. The molecule has 0 bridgehead atoms. The summed E-state index contributed by atoms with van der Waals surface area (Å²) in [7, 11) is 0. The number of fused-ring (bicyclic) bond motifs is 1. The zero-order valence-electron chi connectivity index (χ0n) is 8.39. The Labute approximate surface area is 96.4 Å². The number of carbonyl (C=O) groups excluding carboxylic acids is 1. The van der Waals surface area contributed by atoms with Crippen LogP contribution in [0.1, 0.15) is 34.8 Å². The van der Waals surface area contributed by atoms with E-state index in [4.69, 9.17) is 11.6 Å². The summed E-state index contributed by atoms with van der Waals surface area (Å²) in [6, 6.07) is 3.17. The number of hydrogen-bond donors (Lipinski definition) is 1. The zero-order chi connectivity index (χ0) is 11.3. The van der Waals surface area contributed by atoms with Crippen LogP contribution in [0.5, 0.6) is 0 Å². The molecule has 1 fully saturated rings. The summed E-state index contributed by atoms with van der Waals surface area (Å²) in [5, 5.41) is 0.701. The minimum Gasteiger partial charge on any atom is -0.355 e. The molecule has 82 valence electrons. The number of halogens is 2. The molecular formula is C12H9ClFNO. The lowest BCUT2D eigenvalue weighted by Crippen LogP contribution is -1.85. The molecule has 1 aromatic heterocycles. The second-order valence-corrected chi connectivity index (χ2v) is 4.54. The second-order valence-electron chi connectivity index (χ2n) is 4.13. The Morgan fingerprint density at radius 2 is 2.19 bits per heavy atom. The van der Waals surface area contributed by atoms with Gasteiger partial charge in [0.25, 0.3) is 0 Å². The molecule has 0 atom stereocenters. The molecule has 1 aliphatic rings. The van der Waals surface area contributed by atoms with Crippen molar-refractivity contribution in [1.29, 1.82) is 0 Å². The molecule has 0 amide bonds. The highest BCUT2D eigenvalue weighted by Crippen LogP contribution is 2.43. The van der Waals surface area contributed by atoms with E-state index in [9.17, 15) is 9.18 Å². The first-order valence-electron chi connectivity index (χ1n) is 5.17. The van der Waals surface area contributed by atoms with Crippen molar-refractivity contribution in [2.24, 2.45) is 0 Å². The summed E-state index contributed by atoms with van der Waals surface area (Å²) in [5.74, 6) is -0.0973. The first kappa shape index (κ1) is 9.85. The number of benzene rings is 1. The van der Waals surface area contributed by atoms with Crippen LogP contribution >= 0.6 is 11.6 Å². The van der Waals surface area contributed by atoms with Gasteiger partial charge in [0.1, 0.15) is 0 Å². The number of rotatable bonds is 2. The van der Waals surface area contributed by atoms with E-state index in [-0.39, 0.29) is 5.02 Å². The first-order valence-corrected chi connectivity index (χ1v) is 5.55. The van der Waals surface area contributed by atoms with Gasteiger partial charge in [-0.05, 0) is 24.8 Å². The third kappa shape index (κ3) is 1.28. The summed E-state index contributed by atoms with van der Waals surface area (Å²) in [6.07, 6.45) is 2.91. The molecule has 0 radical (unpaired) electrons. The van der Waals surface area contributed by atoms with Gasteiger partial charge in [0.2, 0.25) is 0 Å². The molecule has 4 heteroatoms. The largest absolute Gasteiger partial charge is 0.355 e. The van der Waals surface area contributed by atoms with E-state index in [1.54, 1.807) is 6.07 Å². The zero-order valence-corrected chi connectivity index (χ0v) is 9.14. The minimum absolute atomic E-state index is 0.0774. The molecule has 16 heavy (non-hydrogen) atoms. The molecule has 3 rings (SSSR count). The lowest BCUT2D eigenvalue weighted by atomic mass is 10.1. The Hall–Kier alpha value is -1.35. The van der Waals surface area contributed by atoms with Crippen molar-refractivity contribution >= 4 is 28.8 Å². The predicted octanol–water partition coefficient (Wildman–Crippen LogP) is 3.65. The molecule has 1 N–H and O–H groups in total. The SMILES string of the molecule is O=Cc1c(C2CC2)[nH]c2c(F)c(Cl)ccc12. The van der Waals surface area contributed by atoms with E-state index in [1.165, 1.54) is 6.07 Å². The van der Waals surface area contributed by atoms with Crippen molar-refractivity contribution in [1.82, 2.24) is 4.98 Å². The average molecular weight is 238 g/mol. The summed E-state index contributed by atoms with van der Waals surface area (Å²) >= 11 is 5.70. The topological polar surface area (TPSA) is 32.9 Å². The Kier molecular flexibility index (Phi) is 2.04. The van der Waals surface area contributed by atoms with Crippen LogP contribution in [0.4, 0.5) is 4.39 Å². The third-order valence-corrected chi connectivity index (χ3v) is 3.33. The number of nitrogens with one attached hydrogen (secondary N) is 1. The number of aromatic nitrogens is 1. The summed E-state index contributed by atoms with van der Waals surface area (Å²) in [4.78, 5) is 14.1. The van der Waals surface area contributed by atoms with Gasteiger partial charge < -0.3 is 4.98 Å².